The molecule has 0 aromatic carbocycles. The molecule has 26 heavy (non-hydrogen) atoms. The van der Waals surface area contributed by atoms with Crippen LogP contribution in [0.2, 0.25) is 0 Å². The SMILES string of the molecule is CCc1nc2ccc(F)cn2c1C(=O)N1CCN(c2ncccn2)CC1. The summed E-state index contributed by atoms with van der Waals surface area (Å²) in [6, 6.07) is 4.73. The molecule has 4 heterocycles. The topological polar surface area (TPSA) is 66.6 Å². The molecule has 4 rings (SSSR count). The number of carbonyl (C=O) groups excluding carboxylic acids is 1. The monoisotopic (exact) mass is 354 g/mol. The zero-order chi connectivity index (χ0) is 18.1. The van der Waals surface area contributed by atoms with E-state index >= 15 is 0 Å². The lowest BCUT2D eigenvalue weighted by Gasteiger charge is -2.34. The Morgan fingerprint density at radius 3 is 2.58 bits per heavy atom. The highest BCUT2D eigenvalue weighted by Gasteiger charge is 2.27. The van der Waals surface area contributed by atoms with E-state index in [1.165, 1.54) is 12.3 Å². The van der Waals surface area contributed by atoms with Crippen LogP contribution in [-0.2, 0) is 6.42 Å². The van der Waals surface area contributed by atoms with Crippen LogP contribution in [0, 0.1) is 5.82 Å². The Labute approximate surface area is 150 Å². The van der Waals surface area contributed by atoms with Gasteiger partial charge in [-0.3, -0.25) is 9.20 Å². The van der Waals surface area contributed by atoms with Crippen LogP contribution in [0.25, 0.3) is 5.65 Å². The quantitative estimate of drug-likeness (QED) is 0.717. The molecule has 3 aromatic heterocycles. The molecule has 8 heteroatoms. The zero-order valence-electron chi connectivity index (χ0n) is 14.5. The van der Waals surface area contributed by atoms with Crippen LogP contribution in [-0.4, -0.2) is 56.3 Å². The molecular formula is C18H19FN6O. The normalized spacial score (nSPS) is 14.8. The maximum Gasteiger partial charge on any atom is 0.272 e. The van der Waals surface area contributed by atoms with Gasteiger partial charge < -0.3 is 9.80 Å². The molecule has 0 spiro atoms. The molecule has 3 aromatic rings. The van der Waals surface area contributed by atoms with E-state index in [9.17, 15) is 9.18 Å². The van der Waals surface area contributed by atoms with Gasteiger partial charge in [-0.25, -0.2) is 19.3 Å². The first-order valence-electron chi connectivity index (χ1n) is 8.65. The molecule has 0 atom stereocenters. The number of nitrogens with zero attached hydrogens (tertiary/aromatic N) is 6. The van der Waals surface area contributed by atoms with Gasteiger partial charge in [0.15, 0.2) is 0 Å². The minimum atomic E-state index is -0.391. The van der Waals surface area contributed by atoms with Gasteiger partial charge in [0.2, 0.25) is 5.95 Å². The highest BCUT2D eigenvalue weighted by atomic mass is 19.1. The minimum absolute atomic E-state index is 0.117. The number of piperazine rings is 1. The van der Waals surface area contributed by atoms with Gasteiger partial charge in [0.1, 0.15) is 17.2 Å². The molecule has 1 fully saturated rings. The Morgan fingerprint density at radius 1 is 1.15 bits per heavy atom. The third-order valence-corrected chi connectivity index (χ3v) is 4.59. The van der Waals surface area contributed by atoms with Gasteiger partial charge in [0, 0.05) is 44.8 Å². The predicted molar refractivity (Wildman–Crippen MR) is 94.7 cm³/mol. The van der Waals surface area contributed by atoms with Crippen molar-refractivity contribution < 1.29 is 9.18 Å². The number of rotatable bonds is 3. The summed E-state index contributed by atoms with van der Waals surface area (Å²) in [5.74, 6) is 0.164. The average molecular weight is 354 g/mol. The van der Waals surface area contributed by atoms with Crippen molar-refractivity contribution in [2.45, 2.75) is 13.3 Å². The van der Waals surface area contributed by atoms with Gasteiger partial charge in [-0.05, 0) is 24.6 Å². The second-order valence-corrected chi connectivity index (χ2v) is 6.16. The van der Waals surface area contributed by atoms with Crippen LogP contribution in [0.3, 0.4) is 0 Å². The molecule has 1 saturated heterocycles. The lowest BCUT2D eigenvalue weighted by Crippen LogP contribution is -2.49. The molecular weight excluding hydrogens is 335 g/mol. The molecule has 0 radical (unpaired) electrons. The summed E-state index contributed by atoms with van der Waals surface area (Å²) in [5, 5.41) is 0. The smallest absolute Gasteiger partial charge is 0.272 e. The summed E-state index contributed by atoms with van der Waals surface area (Å²) in [5.41, 5.74) is 1.73. The first-order valence-corrected chi connectivity index (χ1v) is 8.65. The van der Waals surface area contributed by atoms with E-state index in [-0.39, 0.29) is 5.91 Å². The van der Waals surface area contributed by atoms with E-state index in [2.05, 4.69) is 19.9 Å². The molecule has 0 saturated carbocycles. The molecule has 7 nitrogen and oxygen atoms in total. The first kappa shape index (κ1) is 16.4. The van der Waals surface area contributed by atoms with E-state index in [4.69, 9.17) is 0 Å². The van der Waals surface area contributed by atoms with E-state index < -0.39 is 5.82 Å². The third-order valence-electron chi connectivity index (χ3n) is 4.59. The van der Waals surface area contributed by atoms with E-state index in [0.29, 0.717) is 55.6 Å². The van der Waals surface area contributed by atoms with Gasteiger partial charge in [-0.15, -0.1) is 0 Å². The van der Waals surface area contributed by atoms with Crippen LogP contribution >= 0.6 is 0 Å². The van der Waals surface area contributed by atoms with Crippen LogP contribution < -0.4 is 4.90 Å². The Morgan fingerprint density at radius 2 is 1.88 bits per heavy atom. The summed E-state index contributed by atoms with van der Waals surface area (Å²) >= 11 is 0. The van der Waals surface area contributed by atoms with Crippen molar-refractivity contribution in [3.05, 3.63) is 54.0 Å². The largest absolute Gasteiger partial charge is 0.337 e. The van der Waals surface area contributed by atoms with Crippen molar-refractivity contribution in [2.24, 2.45) is 0 Å². The second-order valence-electron chi connectivity index (χ2n) is 6.16. The van der Waals surface area contributed by atoms with Crippen LogP contribution in [0.5, 0.6) is 0 Å². The number of hydrogen-bond donors (Lipinski definition) is 0. The fourth-order valence-corrected chi connectivity index (χ4v) is 3.25. The van der Waals surface area contributed by atoms with E-state index in [1.54, 1.807) is 33.8 Å². The highest BCUT2D eigenvalue weighted by Crippen LogP contribution is 2.18. The Kier molecular flexibility index (Phi) is 4.24. The number of halogens is 1. The molecule has 0 aliphatic carbocycles. The number of imidazole rings is 1. The zero-order valence-corrected chi connectivity index (χ0v) is 14.5. The van der Waals surface area contributed by atoms with Crippen molar-refractivity contribution in [1.29, 1.82) is 0 Å². The number of anilines is 1. The molecule has 1 aliphatic rings. The van der Waals surface area contributed by atoms with Crippen molar-refractivity contribution in [2.75, 3.05) is 31.1 Å². The first-order chi connectivity index (χ1) is 12.7. The average Bonchev–Trinajstić information content (AvgIpc) is 3.06. The Balaban J connectivity index is 1.57. The summed E-state index contributed by atoms with van der Waals surface area (Å²) in [7, 11) is 0. The fourth-order valence-electron chi connectivity index (χ4n) is 3.25. The third kappa shape index (κ3) is 2.87. The number of aromatic nitrogens is 4. The Hall–Kier alpha value is -3.03. The maximum atomic E-state index is 13.7. The van der Waals surface area contributed by atoms with E-state index in [0.717, 1.165) is 0 Å². The number of aryl methyl sites for hydroxylation is 1. The fraction of sp³-hybridized carbons (Fsp3) is 0.333. The van der Waals surface area contributed by atoms with Crippen molar-refractivity contribution in [3.8, 4) is 0 Å². The molecule has 0 unspecified atom stereocenters. The molecule has 1 amide bonds. The maximum absolute atomic E-state index is 13.7. The lowest BCUT2D eigenvalue weighted by atomic mass is 10.2. The molecule has 0 N–H and O–H groups in total. The molecule has 134 valence electrons. The summed E-state index contributed by atoms with van der Waals surface area (Å²) in [4.78, 5) is 29.9. The van der Waals surface area contributed by atoms with Crippen LogP contribution in [0.4, 0.5) is 10.3 Å². The Bertz CT molecular complexity index is 934. The highest BCUT2D eigenvalue weighted by molar-refractivity contribution is 5.95. The minimum Gasteiger partial charge on any atom is -0.337 e. The van der Waals surface area contributed by atoms with E-state index in [1.807, 2.05) is 6.92 Å². The van der Waals surface area contributed by atoms with Gasteiger partial charge in [0.05, 0.1) is 5.69 Å². The second kappa shape index (κ2) is 6.70. The van der Waals surface area contributed by atoms with Crippen molar-refractivity contribution >= 4 is 17.5 Å². The van der Waals surface area contributed by atoms with Crippen molar-refractivity contribution in [1.82, 2.24) is 24.3 Å². The molecule has 1 aliphatic heterocycles. The summed E-state index contributed by atoms with van der Waals surface area (Å²) in [6.45, 7) is 4.37. The molecule has 0 bridgehead atoms. The summed E-state index contributed by atoms with van der Waals surface area (Å²) < 4.78 is 15.2. The number of carbonyl (C=O) groups is 1. The standard InChI is InChI=1S/C18H19FN6O/c1-2-14-16(25-12-13(19)4-5-15(25)22-14)17(26)23-8-10-24(11-9-23)18-20-6-3-7-21-18/h3-7,12H,2,8-11H2,1H3. The number of pyridine rings is 1. The van der Waals surface area contributed by atoms with Gasteiger partial charge in [0.25, 0.3) is 5.91 Å². The van der Waals surface area contributed by atoms with Crippen LogP contribution in [0.1, 0.15) is 23.1 Å². The number of fused-ring (bicyclic) bond motifs is 1. The number of hydrogen-bond acceptors (Lipinski definition) is 5. The van der Waals surface area contributed by atoms with Crippen LogP contribution in [0.15, 0.2) is 36.8 Å². The number of amides is 1. The van der Waals surface area contributed by atoms with Crippen molar-refractivity contribution in [3.63, 3.8) is 0 Å². The van der Waals surface area contributed by atoms with Gasteiger partial charge >= 0.3 is 0 Å². The predicted octanol–water partition coefficient (Wildman–Crippen LogP) is 1.79. The lowest BCUT2D eigenvalue weighted by molar-refractivity contribution is 0.0738. The van der Waals surface area contributed by atoms with Gasteiger partial charge in [-0.2, -0.15) is 0 Å². The van der Waals surface area contributed by atoms with Gasteiger partial charge in [-0.1, -0.05) is 6.92 Å². The summed E-state index contributed by atoms with van der Waals surface area (Å²) in [6.07, 6.45) is 5.35.